The number of pyridine rings is 1. The summed E-state index contributed by atoms with van der Waals surface area (Å²) in [6.07, 6.45) is 2.69. The summed E-state index contributed by atoms with van der Waals surface area (Å²) < 4.78 is 4.96. The summed E-state index contributed by atoms with van der Waals surface area (Å²) in [6, 6.07) is 3.57. The Kier molecular flexibility index (Phi) is 11.3. The minimum absolute atomic E-state index is 0. The van der Waals surface area contributed by atoms with Crippen molar-refractivity contribution in [3.63, 3.8) is 0 Å². The predicted molar refractivity (Wildman–Crippen MR) is 90.5 cm³/mol. The number of aliphatic hydroxyl groups excluding tert-OH is 1. The SMILES string of the molecule is CCNC(=NCC(O)c1ccncc1)NCCOC.I. The molecule has 3 N–H and O–H groups in total. The van der Waals surface area contributed by atoms with Crippen molar-refractivity contribution in [2.45, 2.75) is 13.0 Å². The van der Waals surface area contributed by atoms with E-state index in [0.717, 1.165) is 12.1 Å². The average Bonchev–Trinajstić information content (AvgIpc) is 2.45. The molecular formula is C13H23IN4O2. The van der Waals surface area contributed by atoms with Crippen LogP contribution >= 0.6 is 24.0 Å². The monoisotopic (exact) mass is 394 g/mol. The molecule has 0 saturated carbocycles. The Morgan fingerprint density at radius 1 is 1.40 bits per heavy atom. The number of hydrogen-bond donors (Lipinski definition) is 3. The molecule has 20 heavy (non-hydrogen) atoms. The molecule has 0 bridgehead atoms. The van der Waals surface area contributed by atoms with Crippen LogP contribution in [-0.2, 0) is 4.74 Å². The number of hydrogen-bond acceptors (Lipinski definition) is 4. The zero-order valence-electron chi connectivity index (χ0n) is 11.9. The van der Waals surface area contributed by atoms with E-state index in [2.05, 4.69) is 20.6 Å². The van der Waals surface area contributed by atoms with Gasteiger partial charge < -0.3 is 20.5 Å². The van der Waals surface area contributed by atoms with E-state index < -0.39 is 6.10 Å². The van der Waals surface area contributed by atoms with Crippen LogP contribution in [0.3, 0.4) is 0 Å². The number of nitrogens with zero attached hydrogens (tertiary/aromatic N) is 2. The lowest BCUT2D eigenvalue weighted by atomic mass is 10.1. The van der Waals surface area contributed by atoms with Gasteiger partial charge in [0, 0.05) is 32.6 Å². The number of nitrogens with one attached hydrogen (secondary N) is 2. The Morgan fingerprint density at radius 2 is 2.10 bits per heavy atom. The summed E-state index contributed by atoms with van der Waals surface area (Å²) in [7, 11) is 1.65. The quantitative estimate of drug-likeness (QED) is 0.278. The highest BCUT2D eigenvalue weighted by Gasteiger charge is 2.06. The van der Waals surface area contributed by atoms with Gasteiger partial charge in [0.1, 0.15) is 0 Å². The summed E-state index contributed by atoms with van der Waals surface area (Å²) in [5, 5.41) is 16.2. The molecule has 0 aromatic carbocycles. The van der Waals surface area contributed by atoms with E-state index in [1.807, 2.05) is 6.92 Å². The van der Waals surface area contributed by atoms with E-state index >= 15 is 0 Å². The van der Waals surface area contributed by atoms with Crippen LogP contribution in [0.2, 0.25) is 0 Å². The van der Waals surface area contributed by atoms with Gasteiger partial charge in [-0.15, -0.1) is 24.0 Å². The number of rotatable bonds is 7. The maximum Gasteiger partial charge on any atom is 0.191 e. The van der Waals surface area contributed by atoms with Crippen molar-refractivity contribution >= 4 is 29.9 Å². The molecule has 0 aliphatic heterocycles. The number of halogens is 1. The van der Waals surface area contributed by atoms with Crippen molar-refractivity contribution in [3.05, 3.63) is 30.1 Å². The van der Waals surface area contributed by atoms with Gasteiger partial charge in [-0.2, -0.15) is 0 Å². The smallest absolute Gasteiger partial charge is 0.191 e. The van der Waals surface area contributed by atoms with Crippen LogP contribution in [0.15, 0.2) is 29.5 Å². The largest absolute Gasteiger partial charge is 0.386 e. The molecule has 1 aromatic rings. The highest BCUT2D eigenvalue weighted by Crippen LogP contribution is 2.10. The molecule has 7 heteroatoms. The summed E-state index contributed by atoms with van der Waals surface area (Å²) in [5.74, 6) is 0.674. The van der Waals surface area contributed by atoms with Crippen LogP contribution in [0.5, 0.6) is 0 Å². The first-order chi connectivity index (χ1) is 9.27. The van der Waals surface area contributed by atoms with Gasteiger partial charge >= 0.3 is 0 Å². The fraction of sp³-hybridized carbons (Fsp3) is 0.538. The minimum Gasteiger partial charge on any atom is -0.386 e. The van der Waals surface area contributed by atoms with Gasteiger partial charge in [0.2, 0.25) is 0 Å². The Bertz CT molecular complexity index is 376. The summed E-state index contributed by atoms with van der Waals surface area (Å²) >= 11 is 0. The zero-order valence-corrected chi connectivity index (χ0v) is 14.2. The van der Waals surface area contributed by atoms with Gasteiger partial charge in [0.25, 0.3) is 0 Å². The first-order valence-corrected chi connectivity index (χ1v) is 6.37. The number of ether oxygens (including phenoxy) is 1. The van der Waals surface area contributed by atoms with Crippen molar-refractivity contribution in [1.82, 2.24) is 15.6 Å². The molecule has 0 spiro atoms. The lowest BCUT2D eigenvalue weighted by Crippen LogP contribution is -2.39. The van der Waals surface area contributed by atoms with Gasteiger partial charge in [-0.05, 0) is 24.6 Å². The van der Waals surface area contributed by atoms with Gasteiger partial charge in [0.05, 0.1) is 19.3 Å². The Balaban J connectivity index is 0.00000361. The van der Waals surface area contributed by atoms with Gasteiger partial charge in [-0.3, -0.25) is 9.98 Å². The van der Waals surface area contributed by atoms with Crippen molar-refractivity contribution in [2.75, 3.05) is 33.4 Å². The molecule has 0 amide bonds. The number of methoxy groups -OCH3 is 1. The average molecular weight is 394 g/mol. The second kappa shape index (κ2) is 11.9. The minimum atomic E-state index is -0.624. The predicted octanol–water partition coefficient (Wildman–Crippen LogP) is 0.934. The summed E-state index contributed by atoms with van der Waals surface area (Å²) in [4.78, 5) is 8.25. The topological polar surface area (TPSA) is 78.8 Å². The second-order valence-corrected chi connectivity index (χ2v) is 3.94. The van der Waals surface area contributed by atoms with Crippen molar-refractivity contribution in [2.24, 2.45) is 4.99 Å². The molecule has 0 fully saturated rings. The Labute approximate surface area is 137 Å². The van der Waals surface area contributed by atoms with Gasteiger partial charge in [0.15, 0.2) is 5.96 Å². The van der Waals surface area contributed by atoms with E-state index in [1.165, 1.54) is 0 Å². The second-order valence-electron chi connectivity index (χ2n) is 3.94. The van der Waals surface area contributed by atoms with Gasteiger partial charge in [-0.1, -0.05) is 0 Å². The highest BCUT2D eigenvalue weighted by molar-refractivity contribution is 14.0. The molecule has 114 valence electrons. The highest BCUT2D eigenvalue weighted by atomic mass is 127. The first-order valence-electron chi connectivity index (χ1n) is 6.37. The van der Waals surface area contributed by atoms with Gasteiger partial charge in [-0.25, -0.2) is 0 Å². The number of aliphatic hydroxyl groups is 1. The number of aromatic nitrogens is 1. The van der Waals surface area contributed by atoms with Crippen LogP contribution < -0.4 is 10.6 Å². The van der Waals surface area contributed by atoms with Crippen molar-refractivity contribution in [1.29, 1.82) is 0 Å². The van der Waals surface area contributed by atoms with E-state index in [9.17, 15) is 5.11 Å². The molecule has 0 aliphatic carbocycles. The van der Waals surface area contributed by atoms with Crippen LogP contribution in [0.25, 0.3) is 0 Å². The Morgan fingerprint density at radius 3 is 2.70 bits per heavy atom. The Hall–Kier alpha value is -0.930. The number of guanidine groups is 1. The van der Waals surface area contributed by atoms with E-state index in [0.29, 0.717) is 25.7 Å². The van der Waals surface area contributed by atoms with E-state index in [-0.39, 0.29) is 24.0 Å². The number of aliphatic imine (C=N–C) groups is 1. The summed E-state index contributed by atoms with van der Waals surface area (Å²) in [6.45, 7) is 4.34. The molecule has 1 unspecified atom stereocenters. The molecule has 0 saturated heterocycles. The maximum atomic E-state index is 9.99. The molecular weight excluding hydrogens is 371 g/mol. The molecule has 1 aromatic heterocycles. The third-order valence-corrected chi connectivity index (χ3v) is 2.46. The normalized spacial score (nSPS) is 12.4. The summed E-state index contributed by atoms with van der Waals surface area (Å²) in [5.41, 5.74) is 0.812. The van der Waals surface area contributed by atoms with E-state index in [1.54, 1.807) is 31.6 Å². The fourth-order valence-electron chi connectivity index (χ4n) is 1.48. The van der Waals surface area contributed by atoms with Crippen molar-refractivity contribution in [3.8, 4) is 0 Å². The molecule has 0 radical (unpaired) electrons. The molecule has 1 rings (SSSR count). The molecule has 6 nitrogen and oxygen atoms in total. The fourth-order valence-corrected chi connectivity index (χ4v) is 1.48. The zero-order chi connectivity index (χ0) is 13.9. The maximum absolute atomic E-state index is 9.99. The van der Waals surface area contributed by atoms with Crippen LogP contribution in [0.4, 0.5) is 0 Å². The third-order valence-electron chi connectivity index (χ3n) is 2.46. The van der Waals surface area contributed by atoms with Crippen LogP contribution in [0.1, 0.15) is 18.6 Å². The standard InChI is InChI=1S/C13H22N4O2.HI/c1-3-15-13(16-8-9-19-2)17-10-12(18)11-4-6-14-7-5-11;/h4-7,12,18H,3,8-10H2,1-2H3,(H2,15,16,17);1H. The third kappa shape index (κ3) is 7.61. The van der Waals surface area contributed by atoms with Crippen LogP contribution in [-0.4, -0.2) is 49.4 Å². The molecule has 0 aliphatic rings. The molecule has 1 atom stereocenters. The lowest BCUT2D eigenvalue weighted by molar-refractivity contribution is 0.186. The van der Waals surface area contributed by atoms with Crippen LogP contribution in [0, 0.1) is 0 Å². The van der Waals surface area contributed by atoms with E-state index in [4.69, 9.17) is 4.74 Å². The first kappa shape index (κ1) is 19.1. The molecule has 1 heterocycles. The van der Waals surface area contributed by atoms with Crippen molar-refractivity contribution < 1.29 is 9.84 Å². The lowest BCUT2D eigenvalue weighted by Gasteiger charge is -2.12.